The number of urea groups is 1. The van der Waals surface area contributed by atoms with Crippen LogP contribution in [0.5, 0.6) is 0 Å². The van der Waals surface area contributed by atoms with Gasteiger partial charge in [0.2, 0.25) is 0 Å². The second kappa shape index (κ2) is 10.9. The Labute approximate surface area is 245 Å². The fourth-order valence-electron chi connectivity index (χ4n) is 6.48. The van der Waals surface area contributed by atoms with Gasteiger partial charge in [0.15, 0.2) is 6.29 Å². The normalized spacial score (nSPS) is 26.3. The van der Waals surface area contributed by atoms with Crippen LogP contribution in [0.4, 0.5) is 32.4 Å². The van der Waals surface area contributed by atoms with Crippen molar-refractivity contribution in [2.75, 3.05) is 32.1 Å². The molecule has 5 rings (SSSR count). The average Bonchev–Trinajstić information content (AvgIpc) is 3.34. The molecule has 0 radical (unpaired) electrons. The largest absolute Gasteiger partial charge is 0.469 e. The fourth-order valence-corrected chi connectivity index (χ4v) is 6.48. The lowest BCUT2D eigenvalue weighted by Gasteiger charge is -2.52. The molecule has 2 aromatic carbocycles. The number of amides is 2. The van der Waals surface area contributed by atoms with Crippen LogP contribution in [0.3, 0.4) is 0 Å². The SMILES string of the molecule is COC(=O)C1C(C)N(c2cccc(C(F)(F)F)c2)C2NNC(=O)N2[C@H]1c1ccc(C#N)cc1C[N+]1(C)CCC(F)(F)CC1. The molecule has 2 N–H and O–H groups in total. The highest BCUT2D eigenvalue weighted by Gasteiger charge is 2.55. The summed E-state index contributed by atoms with van der Waals surface area (Å²) in [6.07, 6.45) is -6.22. The van der Waals surface area contributed by atoms with E-state index in [0.29, 0.717) is 16.7 Å². The van der Waals surface area contributed by atoms with Crippen LogP contribution >= 0.6 is 0 Å². The van der Waals surface area contributed by atoms with Crippen LogP contribution in [0.25, 0.3) is 0 Å². The van der Waals surface area contributed by atoms with E-state index >= 15 is 0 Å². The number of quaternary nitrogens is 1. The van der Waals surface area contributed by atoms with Gasteiger partial charge in [0, 0.05) is 17.3 Å². The minimum absolute atomic E-state index is 0.126. The molecule has 2 amide bonds. The second-order valence-corrected chi connectivity index (χ2v) is 11.7. The summed E-state index contributed by atoms with van der Waals surface area (Å²) in [4.78, 5) is 29.7. The lowest BCUT2D eigenvalue weighted by Crippen LogP contribution is -2.65. The van der Waals surface area contributed by atoms with Gasteiger partial charge in [-0.1, -0.05) is 12.1 Å². The maximum atomic E-state index is 14.0. The molecule has 2 aromatic rings. The number of methoxy groups -OCH3 is 1. The first kappa shape index (κ1) is 30.5. The van der Waals surface area contributed by atoms with Gasteiger partial charge < -0.3 is 14.1 Å². The number of halogens is 5. The number of anilines is 1. The van der Waals surface area contributed by atoms with Gasteiger partial charge in [-0.25, -0.2) is 13.6 Å². The molecule has 3 fully saturated rings. The number of fused-ring (bicyclic) bond motifs is 1. The lowest BCUT2D eigenvalue weighted by atomic mass is 9.81. The highest BCUT2D eigenvalue weighted by Crippen LogP contribution is 2.46. The Morgan fingerprint density at radius 3 is 2.49 bits per heavy atom. The summed E-state index contributed by atoms with van der Waals surface area (Å²) in [5.74, 6) is -4.53. The van der Waals surface area contributed by atoms with Crippen molar-refractivity contribution in [2.45, 2.75) is 56.8 Å². The van der Waals surface area contributed by atoms with E-state index in [2.05, 4.69) is 16.9 Å². The van der Waals surface area contributed by atoms with Gasteiger partial charge in [-0.2, -0.15) is 23.9 Å². The Bertz CT molecular complexity index is 1450. The molecule has 0 aromatic heterocycles. The van der Waals surface area contributed by atoms with Gasteiger partial charge in [0.25, 0.3) is 5.92 Å². The van der Waals surface area contributed by atoms with E-state index in [-0.39, 0.29) is 42.6 Å². The molecule has 3 aliphatic heterocycles. The summed E-state index contributed by atoms with van der Waals surface area (Å²) in [6, 6.07) is 9.16. The number of carbonyl (C=O) groups is 2. The van der Waals surface area contributed by atoms with E-state index in [1.165, 1.54) is 29.0 Å². The average molecular weight is 608 g/mol. The zero-order valence-electron chi connectivity index (χ0n) is 23.8. The Balaban J connectivity index is 1.62. The summed E-state index contributed by atoms with van der Waals surface area (Å²) in [5, 5.41) is 9.66. The number of hydrogen-bond acceptors (Lipinski definition) is 6. The molecule has 230 valence electrons. The first-order chi connectivity index (χ1) is 20.2. The molecule has 14 heteroatoms. The maximum absolute atomic E-state index is 14.0. The Morgan fingerprint density at radius 1 is 1.16 bits per heavy atom. The van der Waals surface area contributed by atoms with Gasteiger partial charge in [-0.15, -0.1) is 0 Å². The molecule has 3 unspecified atom stereocenters. The standard InChI is InChI=1S/C29H31F5N6O3/c1-17-23(25(41)43-3)24(22-8-7-18(15-35)13-19(22)16-40(2)11-9-28(30,31)10-12-40)39-26(36-37-27(39)42)38(17)21-6-4-5-20(14-21)29(32,33)34/h4-8,13-14,17,23-24,26,36H,9-12,16H2,1-3H3/p+1/t17?,23?,24-,26?/m0/s1. The van der Waals surface area contributed by atoms with Crippen LogP contribution in [0.15, 0.2) is 42.5 Å². The molecular weight excluding hydrogens is 575 g/mol. The number of ether oxygens (including phenoxy) is 1. The summed E-state index contributed by atoms with van der Waals surface area (Å²) >= 11 is 0. The number of nitriles is 1. The quantitative estimate of drug-likeness (QED) is 0.295. The predicted molar refractivity (Wildman–Crippen MR) is 144 cm³/mol. The van der Waals surface area contributed by atoms with E-state index in [4.69, 9.17) is 4.74 Å². The van der Waals surface area contributed by atoms with E-state index < -0.39 is 54.0 Å². The number of likely N-dealkylation sites (tertiary alicyclic amines) is 1. The maximum Gasteiger partial charge on any atom is 0.416 e. The molecule has 0 aliphatic carbocycles. The van der Waals surface area contributed by atoms with Gasteiger partial charge in [0.05, 0.1) is 63.3 Å². The van der Waals surface area contributed by atoms with Crippen molar-refractivity contribution in [1.82, 2.24) is 15.8 Å². The van der Waals surface area contributed by atoms with Crippen LogP contribution in [0.2, 0.25) is 0 Å². The molecule has 0 saturated carbocycles. The monoisotopic (exact) mass is 607 g/mol. The predicted octanol–water partition coefficient (Wildman–Crippen LogP) is 4.51. The number of carbonyl (C=O) groups excluding carboxylic acids is 2. The molecule has 0 spiro atoms. The molecule has 3 saturated heterocycles. The third-order valence-corrected chi connectivity index (χ3v) is 8.79. The van der Waals surface area contributed by atoms with Crippen LogP contribution in [0.1, 0.15) is 48.1 Å². The highest BCUT2D eigenvalue weighted by molar-refractivity contribution is 5.82. The number of alkyl halides is 5. The van der Waals surface area contributed by atoms with Crippen LogP contribution in [0, 0.1) is 17.2 Å². The summed E-state index contributed by atoms with van der Waals surface area (Å²) in [5.41, 5.74) is 6.04. The highest BCUT2D eigenvalue weighted by atomic mass is 19.4. The molecule has 9 nitrogen and oxygen atoms in total. The number of esters is 1. The molecule has 3 heterocycles. The second-order valence-electron chi connectivity index (χ2n) is 11.7. The van der Waals surface area contributed by atoms with Crippen LogP contribution in [-0.2, 0) is 22.3 Å². The smallest absolute Gasteiger partial charge is 0.416 e. The molecular formula is C29H32F5N6O3+. The fraction of sp³-hybridized carbons (Fsp3) is 0.483. The van der Waals surface area contributed by atoms with Crippen molar-refractivity contribution in [3.05, 3.63) is 64.7 Å². The van der Waals surface area contributed by atoms with Gasteiger partial charge in [-0.3, -0.25) is 15.1 Å². The first-order valence-corrected chi connectivity index (χ1v) is 13.8. The van der Waals surface area contributed by atoms with E-state index in [1.807, 2.05) is 7.05 Å². The zero-order valence-corrected chi connectivity index (χ0v) is 23.8. The molecule has 3 aliphatic rings. The van der Waals surface area contributed by atoms with Gasteiger partial charge in [0.1, 0.15) is 12.5 Å². The molecule has 0 bridgehead atoms. The number of benzene rings is 2. The topological polar surface area (TPSA) is 97.7 Å². The van der Waals surface area contributed by atoms with Crippen molar-refractivity contribution >= 4 is 17.7 Å². The van der Waals surface area contributed by atoms with E-state index in [0.717, 1.165) is 12.1 Å². The van der Waals surface area contributed by atoms with Crippen molar-refractivity contribution in [2.24, 2.45) is 5.92 Å². The zero-order chi connectivity index (χ0) is 31.3. The summed E-state index contributed by atoms with van der Waals surface area (Å²) in [7, 11) is 3.04. The number of rotatable bonds is 5. The Kier molecular flexibility index (Phi) is 7.77. The first-order valence-electron chi connectivity index (χ1n) is 13.8. The Morgan fingerprint density at radius 2 is 1.86 bits per heavy atom. The van der Waals surface area contributed by atoms with Gasteiger partial charge in [-0.05, 0) is 42.8 Å². The minimum Gasteiger partial charge on any atom is -0.469 e. The third-order valence-electron chi connectivity index (χ3n) is 8.79. The minimum atomic E-state index is -4.62. The van der Waals surface area contributed by atoms with Crippen LogP contribution < -0.4 is 15.8 Å². The van der Waals surface area contributed by atoms with Crippen molar-refractivity contribution < 1.29 is 40.8 Å². The van der Waals surface area contributed by atoms with E-state index in [1.54, 1.807) is 25.1 Å². The number of hydrazine groups is 1. The van der Waals surface area contributed by atoms with Gasteiger partial charge >= 0.3 is 18.2 Å². The number of nitrogens with one attached hydrogen (secondary N) is 2. The number of nitrogens with zero attached hydrogens (tertiary/aromatic N) is 4. The Hall–Kier alpha value is -3.96. The third kappa shape index (κ3) is 5.71. The van der Waals surface area contributed by atoms with E-state index in [9.17, 15) is 36.8 Å². The number of piperidine rings is 1. The summed E-state index contributed by atoms with van der Waals surface area (Å²) < 4.78 is 74.4. The van der Waals surface area contributed by atoms with Crippen molar-refractivity contribution in [1.29, 1.82) is 5.26 Å². The molecule has 4 atom stereocenters. The lowest BCUT2D eigenvalue weighted by molar-refractivity contribution is -0.929. The molecule has 43 heavy (non-hydrogen) atoms. The van der Waals surface area contributed by atoms with Crippen LogP contribution in [-0.4, -0.2) is 66.9 Å². The summed E-state index contributed by atoms with van der Waals surface area (Å²) in [6.45, 7) is 2.29. The van der Waals surface area contributed by atoms with Crippen molar-refractivity contribution in [3.63, 3.8) is 0 Å². The number of hydrogen-bond donors (Lipinski definition) is 2. The van der Waals surface area contributed by atoms with Crippen molar-refractivity contribution in [3.8, 4) is 6.07 Å².